The molecule has 2 aromatic rings. The van der Waals surface area contributed by atoms with Gasteiger partial charge in [0.2, 0.25) is 5.91 Å². The Kier molecular flexibility index (Phi) is 4.39. The molecule has 7 nitrogen and oxygen atoms in total. The fourth-order valence-electron chi connectivity index (χ4n) is 3.55. The van der Waals surface area contributed by atoms with Gasteiger partial charge in [0.05, 0.1) is 18.5 Å². The number of carbonyl (C=O) groups excluding carboxylic acids is 3. The van der Waals surface area contributed by atoms with Crippen LogP contribution in [0.3, 0.4) is 0 Å². The fourth-order valence-corrected chi connectivity index (χ4v) is 3.68. The number of fused-ring (bicyclic) bond motifs is 1. The third kappa shape index (κ3) is 2.66. The van der Waals surface area contributed by atoms with E-state index in [1.54, 1.807) is 36.4 Å². The largest absolute Gasteiger partial charge is 0.464 e. The minimum absolute atomic E-state index is 0.0782. The lowest BCUT2D eigenvalue weighted by atomic mass is 9.97. The van der Waals surface area contributed by atoms with Crippen LogP contribution in [0.5, 0.6) is 0 Å². The number of esters is 1. The lowest BCUT2D eigenvalue weighted by Gasteiger charge is -2.23. The Balaban J connectivity index is 1.82. The van der Waals surface area contributed by atoms with Crippen molar-refractivity contribution in [3.63, 3.8) is 0 Å². The van der Waals surface area contributed by atoms with Crippen molar-refractivity contribution in [1.29, 1.82) is 0 Å². The molecule has 1 saturated heterocycles. The van der Waals surface area contributed by atoms with E-state index < -0.39 is 29.7 Å². The van der Waals surface area contributed by atoms with Gasteiger partial charge < -0.3 is 4.74 Å². The molecule has 0 aromatic heterocycles. The lowest BCUT2D eigenvalue weighted by molar-refractivity contribution is -0.133. The molecule has 0 radical (unpaired) electrons. The zero-order valence-corrected chi connectivity index (χ0v) is 15.9. The monoisotopic (exact) mass is 397 g/mol. The summed E-state index contributed by atoms with van der Waals surface area (Å²) in [6.45, 7) is 1.87. The predicted octanol–water partition coefficient (Wildman–Crippen LogP) is 2.56. The second-order valence-corrected chi connectivity index (χ2v) is 6.96. The van der Waals surface area contributed by atoms with E-state index in [0.717, 1.165) is 10.5 Å². The number of carbonyl (C=O) groups is 3. The average molecular weight is 398 g/mol. The molecule has 2 atom stereocenters. The van der Waals surface area contributed by atoms with Crippen LogP contribution in [-0.2, 0) is 19.1 Å². The van der Waals surface area contributed by atoms with E-state index in [2.05, 4.69) is 5.10 Å². The highest BCUT2D eigenvalue weighted by Gasteiger charge is 2.59. The number of rotatable bonds is 3. The SMILES string of the molecule is COC(=O)C1=NN(c2ccccc2C)[C@H]2C(=O)N(c3ccc(Cl)cc3)C(=O)[C@@H]12. The van der Waals surface area contributed by atoms with Gasteiger partial charge in [0.25, 0.3) is 5.91 Å². The van der Waals surface area contributed by atoms with Crippen molar-refractivity contribution in [1.82, 2.24) is 0 Å². The number of hydrogen-bond donors (Lipinski definition) is 0. The molecule has 2 heterocycles. The normalized spacial score (nSPS) is 21.0. The topological polar surface area (TPSA) is 79.3 Å². The molecule has 0 spiro atoms. The van der Waals surface area contributed by atoms with Gasteiger partial charge in [-0.15, -0.1) is 0 Å². The van der Waals surface area contributed by atoms with Gasteiger partial charge in [-0.25, -0.2) is 9.69 Å². The van der Waals surface area contributed by atoms with Crippen molar-refractivity contribution < 1.29 is 19.1 Å². The van der Waals surface area contributed by atoms with Crippen molar-refractivity contribution >= 4 is 46.5 Å². The van der Waals surface area contributed by atoms with E-state index in [9.17, 15) is 14.4 Å². The Morgan fingerprint density at radius 1 is 1.07 bits per heavy atom. The molecule has 1 fully saturated rings. The second-order valence-electron chi connectivity index (χ2n) is 6.52. The Morgan fingerprint density at radius 2 is 1.75 bits per heavy atom. The molecule has 0 bridgehead atoms. The molecule has 2 amide bonds. The first-order chi connectivity index (χ1) is 13.4. The van der Waals surface area contributed by atoms with E-state index in [1.807, 2.05) is 19.1 Å². The number of para-hydroxylation sites is 1. The molecule has 142 valence electrons. The van der Waals surface area contributed by atoms with Crippen LogP contribution in [0, 0.1) is 12.8 Å². The van der Waals surface area contributed by atoms with Crippen LogP contribution in [0.4, 0.5) is 11.4 Å². The maximum absolute atomic E-state index is 13.2. The third-order valence-corrected chi connectivity index (χ3v) is 5.14. The summed E-state index contributed by atoms with van der Waals surface area (Å²) in [7, 11) is 1.22. The molecule has 28 heavy (non-hydrogen) atoms. The summed E-state index contributed by atoms with van der Waals surface area (Å²) in [6.07, 6.45) is 0. The van der Waals surface area contributed by atoms with Gasteiger partial charge in [-0.2, -0.15) is 5.10 Å². The summed E-state index contributed by atoms with van der Waals surface area (Å²) >= 11 is 5.91. The van der Waals surface area contributed by atoms with Gasteiger partial charge in [0, 0.05) is 5.02 Å². The van der Waals surface area contributed by atoms with Gasteiger partial charge in [0.15, 0.2) is 5.71 Å². The maximum Gasteiger partial charge on any atom is 0.355 e. The van der Waals surface area contributed by atoms with Gasteiger partial charge in [0.1, 0.15) is 12.0 Å². The summed E-state index contributed by atoms with van der Waals surface area (Å²) in [5, 5.41) is 6.24. The molecule has 2 aromatic carbocycles. The molecule has 0 N–H and O–H groups in total. The summed E-state index contributed by atoms with van der Waals surface area (Å²) in [5.74, 6) is -2.73. The first kappa shape index (κ1) is 18.2. The highest BCUT2D eigenvalue weighted by Crippen LogP contribution is 2.39. The van der Waals surface area contributed by atoms with E-state index in [1.165, 1.54) is 12.1 Å². The number of halogens is 1. The predicted molar refractivity (Wildman–Crippen MR) is 104 cm³/mol. The second kappa shape index (κ2) is 6.76. The van der Waals surface area contributed by atoms with Crippen LogP contribution < -0.4 is 9.91 Å². The number of imide groups is 1. The Morgan fingerprint density at radius 3 is 2.39 bits per heavy atom. The molecule has 0 unspecified atom stereocenters. The average Bonchev–Trinajstić information content (AvgIpc) is 3.20. The molecule has 4 rings (SSSR count). The van der Waals surface area contributed by atoms with Gasteiger partial charge in [-0.05, 0) is 42.8 Å². The first-order valence-corrected chi connectivity index (χ1v) is 8.97. The molecular formula is C20H16ClN3O4. The van der Waals surface area contributed by atoms with Crippen LogP contribution in [0.2, 0.25) is 5.02 Å². The highest BCUT2D eigenvalue weighted by molar-refractivity contribution is 6.47. The zero-order valence-electron chi connectivity index (χ0n) is 15.1. The van der Waals surface area contributed by atoms with Crippen molar-refractivity contribution in [3.8, 4) is 0 Å². The fraction of sp³-hybridized carbons (Fsp3) is 0.200. The summed E-state index contributed by atoms with van der Waals surface area (Å²) < 4.78 is 4.80. The van der Waals surface area contributed by atoms with Crippen LogP contribution in [0.1, 0.15) is 5.56 Å². The van der Waals surface area contributed by atoms with Crippen LogP contribution in [-0.4, -0.2) is 36.6 Å². The van der Waals surface area contributed by atoms with Crippen molar-refractivity contribution in [2.24, 2.45) is 11.0 Å². The van der Waals surface area contributed by atoms with Gasteiger partial charge >= 0.3 is 5.97 Å². The number of hydrazone groups is 1. The molecule has 2 aliphatic heterocycles. The highest BCUT2D eigenvalue weighted by atomic mass is 35.5. The molecule has 2 aliphatic rings. The Bertz CT molecular complexity index is 1020. The number of benzene rings is 2. The smallest absolute Gasteiger partial charge is 0.355 e. The van der Waals surface area contributed by atoms with E-state index >= 15 is 0 Å². The summed E-state index contributed by atoms with van der Waals surface area (Å²) in [6, 6.07) is 12.8. The lowest BCUT2D eigenvalue weighted by Crippen LogP contribution is -2.39. The zero-order chi connectivity index (χ0) is 20.0. The van der Waals surface area contributed by atoms with E-state index in [4.69, 9.17) is 16.3 Å². The van der Waals surface area contributed by atoms with Crippen molar-refractivity contribution in [2.45, 2.75) is 13.0 Å². The number of nitrogens with zero attached hydrogens (tertiary/aromatic N) is 3. The number of amides is 2. The Labute approximate surface area is 166 Å². The Hall–Kier alpha value is -3.19. The molecular weight excluding hydrogens is 382 g/mol. The minimum Gasteiger partial charge on any atom is -0.464 e. The number of aryl methyl sites for hydroxylation is 1. The molecule has 0 saturated carbocycles. The van der Waals surface area contributed by atoms with E-state index in [0.29, 0.717) is 16.4 Å². The standard InChI is InChI=1S/C20H16ClN3O4/c1-11-5-3-4-6-14(11)24-17-15(16(22-24)20(27)28-2)18(25)23(19(17)26)13-9-7-12(21)8-10-13/h3-10,15,17H,1-2H3/t15-,17+/m0/s1. The van der Waals surface area contributed by atoms with Crippen LogP contribution in [0.25, 0.3) is 0 Å². The first-order valence-electron chi connectivity index (χ1n) is 8.59. The van der Waals surface area contributed by atoms with Crippen molar-refractivity contribution in [2.75, 3.05) is 17.0 Å². The van der Waals surface area contributed by atoms with Crippen molar-refractivity contribution in [3.05, 3.63) is 59.1 Å². The summed E-state index contributed by atoms with van der Waals surface area (Å²) in [4.78, 5) is 39.7. The quantitative estimate of drug-likeness (QED) is 0.587. The van der Waals surface area contributed by atoms with E-state index in [-0.39, 0.29) is 5.71 Å². The summed E-state index contributed by atoms with van der Waals surface area (Å²) in [5.41, 5.74) is 1.82. The third-order valence-electron chi connectivity index (χ3n) is 4.89. The maximum atomic E-state index is 13.2. The number of hydrogen-bond acceptors (Lipinski definition) is 6. The molecule has 8 heteroatoms. The number of methoxy groups -OCH3 is 1. The minimum atomic E-state index is -1.03. The number of ether oxygens (including phenoxy) is 1. The van der Waals surface area contributed by atoms with Gasteiger partial charge in [-0.3, -0.25) is 14.6 Å². The van der Waals surface area contributed by atoms with Gasteiger partial charge in [-0.1, -0.05) is 29.8 Å². The van der Waals surface area contributed by atoms with Crippen LogP contribution in [0.15, 0.2) is 53.6 Å². The molecule has 0 aliphatic carbocycles. The van der Waals surface area contributed by atoms with Crippen LogP contribution >= 0.6 is 11.6 Å². The number of anilines is 2.